The Labute approximate surface area is 185 Å². The van der Waals surface area contributed by atoms with E-state index < -0.39 is 0 Å². The fourth-order valence-corrected chi connectivity index (χ4v) is 4.21. The Bertz CT molecular complexity index is 707. The SMILES string of the molecule is CN=C(NCC(=O)N1CCN(c2ccc(Cl)cc2)CC1)NC1CCN(C(C)C)CC1. The number of guanidine groups is 1. The molecule has 2 heterocycles. The molecule has 1 aromatic carbocycles. The second kappa shape index (κ2) is 10.9. The Morgan fingerprint density at radius 1 is 1.10 bits per heavy atom. The minimum Gasteiger partial charge on any atom is -0.368 e. The molecule has 2 saturated heterocycles. The third-order valence-electron chi connectivity index (χ3n) is 6.06. The number of likely N-dealkylation sites (tertiary alicyclic amines) is 1. The van der Waals surface area contributed by atoms with Gasteiger partial charge < -0.3 is 25.3 Å². The number of carbonyl (C=O) groups excluding carboxylic acids is 1. The molecule has 2 N–H and O–H groups in total. The van der Waals surface area contributed by atoms with Crippen molar-refractivity contribution in [3.8, 4) is 0 Å². The van der Waals surface area contributed by atoms with Crippen LogP contribution >= 0.6 is 11.6 Å². The number of hydrogen-bond acceptors (Lipinski definition) is 4. The molecule has 2 fully saturated rings. The van der Waals surface area contributed by atoms with Crippen molar-refractivity contribution in [1.29, 1.82) is 0 Å². The van der Waals surface area contributed by atoms with Gasteiger partial charge in [-0.15, -0.1) is 0 Å². The molecule has 2 aliphatic rings. The first kappa shape index (κ1) is 22.7. The van der Waals surface area contributed by atoms with Gasteiger partial charge in [-0.25, -0.2) is 0 Å². The summed E-state index contributed by atoms with van der Waals surface area (Å²) >= 11 is 5.97. The van der Waals surface area contributed by atoms with Crippen molar-refractivity contribution in [3.05, 3.63) is 29.3 Å². The predicted molar refractivity (Wildman–Crippen MR) is 124 cm³/mol. The fraction of sp³-hybridized carbons (Fsp3) is 0.636. The largest absolute Gasteiger partial charge is 0.368 e. The van der Waals surface area contributed by atoms with Crippen LogP contribution in [0.1, 0.15) is 26.7 Å². The molecule has 7 nitrogen and oxygen atoms in total. The van der Waals surface area contributed by atoms with Crippen LogP contribution in [0.15, 0.2) is 29.3 Å². The minimum absolute atomic E-state index is 0.114. The lowest BCUT2D eigenvalue weighted by molar-refractivity contribution is -0.130. The number of nitrogens with one attached hydrogen (secondary N) is 2. The van der Waals surface area contributed by atoms with E-state index in [4.69, 9.17) is 11.6 Å². The number of rotatable bonds is 5. The topological polar surface area (TPSA) is 63.2 Å². The van der Waals surface area contributed by atoms with E-state index in [2.05, 4.69) is 39.3 Å². The molecular weight excluding hydrogens is 400 g/mol. The molecule has 0 atom stereocenters. The van der Waals surface area contributed by atoms with Gasteiger partial charge in [0.15, 0.2) is 5.96 Å². The molecule has 0 radical (unpaired) electrons. The Hall–Kier alpha value is -1.99. The Morgan fingerprint density at radius 3 is 2.30 bits per heavy atom. The number of piperidine rings is 1. The van der Waals surface area contributed by atoms with Gasteiger partial charge in [-0.1, -0.05) is 11.6 Å². The van der Waals surface area contributed by atoms with Crippen LogP contribution in [-0.2, 0) is 4.79 Å². The Morgan fingerprint density at radius 2 is 1.73 bits per heavy atom. The highest BCUT2D eigenvalue weighted by Gasteiger charge is 2.23. The monoisotopic (exact) mass is 434 g/mol. The van der Waals surface area contributed by atoms with Crippen LogP contribution < -0.4 is 15.5 Å². The van der Waals surface area contributed by atoms with Crippen LogP contribution in [0.5, 0.6) is 0 Å². The van der Waals surface area contributed by atoms with Gasteiger partial charge in [0.1, 0.15) is 0 Å². The number of carbonyl (C=O) groups is 1. The predicted octanol–water partition coefficient (Wildman–Crippen LogP) is 2.03. The van der Waals surface area contributed by atoms with Crippen molar-refractivity contribution in [3.63, 3.8) is 0 Å². The molecule has 1 aromatic rings. The van der Waals surface area contributed by atoms with Crippen LogP contribution in [0.25, 0.3) is 0 Å². The molecule has 3 rings (SSSR count). The zero-order chi connectivity index (χ0) is 21.5. The number of halogens is 1. The third kappa shape index (κ3) is 6.25. The summed E-state index contributed by atoms with van der Waals surface area (Å²) in [7, 11) is 1.76. The summed E-state index contributed by atoms with van der Waals surface area (Å²) in [6, 6.07) is 8.88. The molecule has 0 unspecified atom stereocenters. The van der Waals surface area contributed by atoms with E-state index in [-0.39, 0.29) is 12.5 Å². The molecule has 0 spiro atoms. The van der Waals surface area contributed by atoms with E-state index in [0.29, 0.717) is 18.0 Å². The number of anilines is 1. The highest BCUT2D eigenvalue weighted by Crippen LogP contribution is 2.19. The van der Waals surface area contributed by atoms with Gasteiger partial charge in [-0.05, 0) is 51.0 Å². The van der Waals surface area contributed by atoms with Crippen LogP contribution in [0.4, 0.5) is 5.69 Å². The molecule has 0 bridgehead atoms. The number of piperazine rings is 1. The van der Waals surface area contributed by atoms with E-state index in [9.17, 15) is 4.79 Å². The number of hydrogen-bond donors (Lipinski definition) is 2. The van der Waals surface area contributed by atoms with E-state index in [0.717, 1.165) is 62.8 Å². The summed E-state index contributed by atoms with van der Waals surface area (Å²) in [5.41, 5.74) is 1.15. The van der Waals surface area contributed by atoms with Crippen LogP contribution in [0, 0.1) is 0 Å². The number of amides is 1. The number of aliphatic imine (C=N–C) groups is 1. The lowest BCUT2D eigenvalue weighted by atomic mass is 10.0. The van der Waals surface area contributed by atoms with E-state index in [1.165, 1.54) is 0 Å². The van der Waals surface area contributed by atoms with Crippen LogP contribution in [-0.4, -0.2) is 86.6 Å². The molecule has 0 aromatic heterocycles. The maximum atomic E-state index is 12.7. The third-order valence-corrected chi connectivity index (χ3v) is 6.31. The Balaban J connectivity index is 1.39. The second-order valence-electron chi connectivity index (χ2n) is 8.32. The average Bonchev–Trinajstić information content (AvgIpc) is 2.77. The smallest absolute Gasteiger partial charge is 0.242 e. The van der Waals surface area contributed by atoms with Gasteiger partial charge in [-0.2, -0.15) is 0 Å². The number of nitrogens with zero attached hydrogens (tertiary/aromatic N) is 4. The lowest BCUT2D eigenvalue weighted by Crippen LogP contribution is -2.53. The maximum absolute atomic E-state index is 12.7. The van der Waals surface area contributed by atoms with Crippen molar-refractivity contribution in [2.45, 2.75) is 38.8 Å². The number of benzene rings is 1. The normalized spacial score (nSPS) is 19.3. The first-order chi connectivity index (χ1) is 14.5. The van der Waals surface area contributed by atoms with Gasteiger partial charge in [-0.3, -0.25) is 9.79 Å². The van der Waals surface area contributed by atoms with E-state index in [1.807, 2.05) is 29.2 Å². The highest BCUT2D eigenvalue weighted by atomic mass is 35.5. The van der Waals surface area contributed by atoms with Crippen molar-refractivity contribution >= 4 is 29.2 Å². The molecule has 1 amide bonds. The van der Waals surface area contributed by atoms with Gasteiger partial charge >= 0.3 is 0 Å². The van der Waals surface area contributed by atoms with Crippen LogP contribution in [0.2, 0.25) is 5.02 Å². The molecule has 2 aliphatic heterocycles. The molecular formula is C22H35ClN6O. The lowest BCUT2D eigenvalue weighted by Gasteiger charge is -2.36. The summed E-state index contributed by atoms with van der Waals surface area (Å²) in [4.78, 5) is 23.7. The molecule has 166 valence electrons. The first-order valence-corrected chi connectivity index (χ1v) is 11.3. The fourth-order valence-electron chi connectivity index (χ4n) is 4.09. The van der Waals surface area contributed by atoms with Gasteiger partial charge in [0.2, 0.25) is 5.91 Å². The zero-order valence-corrected chi connectivity index (χ0v) is 19.2. The van der Waals surface area contributed by atoms with Crippen molar-refractivity contribution in [2.24, 2.45) is 4.99 Å². The standard InChI is InChI=1S/C22H35ClN6O/c1-17(2)27-10-8-19(9-11-27)26-22(24-3)25-16-21(30)29-14-12-28(13-15-29)20-6-4-18(23)5-7-20/h4-7,17,19H,8-16H2,1-3H3,(H2,24,25,26). The highest BCUT2D eigenvalue weighted by molar-refractivity contribution is 6.30. The summed E-state index contributed by atoms with van der Waals surface area (Å²) in [5.74, 6) is 0.828. The van der Waals surface area contributed by atoms with Crippen LogP contribution in [0.3, 0.4) is 0 Å². The van der Waals surface area contributed by atoms with Gasteiger partial charge in [0, 0.05) is 69.1 Å². The quantitative estimate of drug-likeness (QED) is 0.548. The van der Waals surface area contributed by atoms with Crippen molar-refractivity contribution < 1.29 is 4.79 Å². The van der Waals surface area contributed by atoms with Gasteiger partial charge in [0.25, 0.3) is 0 Å². The maximum Gasteiger partial charge on any atom is 0.242 e. The molecule has 30 heavy (non-hydrogen) atoms. The van der Waals surface area contributed by atoms with E-state index in [1.54, 1.807) is 7.05 Å². The zero-order valence-electron chi connectivity index (χ0n) is 18.4. The van der Waals surface area contributed by atoms with Crippen molar-refractivity contribution in [1.82, 2.24) is 20.4 Å². The summed E-state index contributed by atoms with van der Waals surface area (Å²) in [6.07, 6.45) is 2.19. The first-order valence-electron chi connectivity index (χ1n) is 11.0. The average molecular weight is 435 g/mol. The van der Waals surface area contributed by atoms with Gasteiger partial charge in [0.05, 0.1) is 6.54 Å². The summed E-state index contributed by atoms with van der Waals surface area (Å²) in [6.45, 7) is 10.1. The summed E-state index contributed by atoms with van der Waals surface area (Å²) < 4.78 is 0. The van der Waals surface area contributed by atoms with E-state index >= 15 is 0 Å². The summed E-state index contributed by atoms with van der Waals surface area (Å²) in [5, 5.41) is 7.42. The van der Waals surface area contributed by atoms with Crippen molar-refractivity contribution in [2.75, 3.05) is 57.8 Å². The molecule has 8 heteroatoms. The molecule has 0 aliphatic carbocycles. The molecule has 0 saturated carbocycles. The minimum atomic E-state index is 0.114. The Kier molecular flexibility index (Phi) is 8.22. The second-order valence-corrected chi connectivity index (χ2v) is 8.75.